The number of carbonyl (C=O) groups excluding carboxylic acids is 1. The molecule has 1 saturated heterocycles. The van der Waals surface area contributed by atoms with Crippen LogP contribution in [0, 0.1) is 0 Å². The number of nitrogens with zero attached hydrogens (tertiary/aromatic N) is 2. The van der Waals surface area contributed by atoms with Crippen molar-refractivity contribution in [1.29, 1.82) is 0 Å². The highest BCUT2D eigenvalue weighted by Gasteiger charge is 2.28. The van der Waals surface area contributed by atoms with Crippen LogP contribution in [0.2, 0.25) is 0 Å². The van der Waals surface area contributed by atoms with Gasteiger partial charge in [-0.25, -0.2) is 4.98 Å². The van der Waals surface area contributed by atoms with Gasteiger partial charge in [0.25, 0.3) is 0 Å². The minimum atomic E-state index is -0.212. The third kappa shape index (κ3) is 2.51. The van der Waals surface area contributed by atoms with Crippen LogP contribution in [0.1, 0.15) is 6.92 Å². The fourth-order valence-electron chi connectivity index (χ4n) is 1.77. The first-order chi connectivity index (χ1) is 8.61. The molecule has 6 nitrogen and oxygen atoms in total. The number of amides is 1. The number of hydrogen-bond acceptors (Lipinski definition) is 4. The highest BCUT2D eigenvalue weighted by molar-refractivity contribution is 7.80. The summed E-state index contributed by atoms with van der Waals surface area (Å²) in [6.07, 6.45) is 1.36. The van der Waals surface area contributed by atoms with Gasteiger partial charge in [0.15, 0.2) is 5.11 Å². The third-order valence-electron chi connectivity index (χ3n) is 2.61. The van der Waals surface area contributed by atoms with E-state index in [4.69, 9.17) is 17.0 Å². The lowest BCUT2D eigenvalue weighted by Crippen LogP contribution is -2.47. The molecule has 1 aliphatic rings. The van der Waals surface area contributed by atoms with E-state index in [0.29, 0.717) is 23.2 Å². The average molecular weight is 266 g/mol. The van der Waals surface area contributed by atoms with Gasteiger partial charge >= 0.3 is 0 Å². The molecule has 7 heteroatoms. The van der Waals surface area contributed by atoms with E-state index in [1.54, 1.807) is 30.3 Å². The Bertz CT molecular complexity index is 463. The van der Waals surface area contributed by atoms with E-state index in [0.717, 1.165) is 0 Å². The molecule has 1 unspecified atom stereocenters. The number of nitrogens with one attached hydrogen (secondary N) is 2. The predicted octanol–water partition coefficient (Wildman–Crippen LogP) is 0.247. The Morgan fingerprint density at radius 3 is 2.83 bits per heavy atom. The zero-order valence-corrected chi connectivity index (χ0v) is 11.0. The van der Waals surface area contributed by atoms with Crippen molar-refractivity contribution in [3.05, 3.63) is 18.3 Å². The van der Waals surface area contributed by atoms with Crippen molar-refractivity contribution < 1.29 is 9.53 Å². The van der Waals surface area contributed by atoms with Crippen LogP contribution in [-0.4, -0.2) is 35.8 Å². The van der Waals surface area contributed by atoms with Crippen molar-refractivity contribution in [1.82, 2.24) is 15.6 Å². The van der Waals surface area contributed by atoms with Gasteiger partial charge in [-0.15, -0.1) is 0 Å². The average Bonchev–Trinajstić information content (AvgIpc) is 2.76. The second-order valence-electron chi connectivity index (χ2n) is 3.82. The number of thiocarbonyl (C=S) groups is 1. The normalized spacial score (nSPS) is 17.9. The highest BCUT2D eigenvalue weighted by Crippen LogP contribution is 2.18. The lowest BCUT2D eigenvalue weighted by molar-refractivity contribution is -0.117. The zero-order chi connectivity index (χ0) is 13.1. The van der Waals surface area contributed by atoms with E-state index in [1.807, 2.05) is 0 Å². The molecule has 1 aliphatic heterocycles. The van der Waals surface area contributed by atoms with Gasteiger partial charge in [0.2, 0.25) is 5.91 Å². The number of hydrogen-bond donors (Lipinski definition) is 2. The van der Waals surface area contributed by atoms with Crippen molar-refractivity contribution in [3.8, 4) is 5.75 Å². The first-order valence-electron chi connectivity index (χ1n) is 5.46. The molecule has 2 heterocycles. The van der Waals surface area contributed by atoms with Crippen LogP contribution in [-0.2, 0) is 4.79 Å². The Morgan fingerprint density at radius 1 is 1.61 bits per heavy atom. The van der Waals surface area contributed by atoms with Crippen LogP contribution in [0.5, 0.6) is 5.75 Å². The van der Waals surface area contributed by atoms with Gasteiger partial charge in [0, 0.05) is 6.92 Å². The Morgan fingerprint density at radius 2 is 2.39 bits per heavy atom. The van der Waals surface area contributed by atoms with E-state index in [9.17, 15) is 4.79 Å². The molecule has 1 aromatic rings. The SMILES string of the molecule is COc1ccc(N(C(C)=O)C2CNC(=S)N2)nc1. The standard InChI is InChI=1S/C11H14N4O2S/c1-7(16)15(10-6-13-11(18)14-10)9-4-3-8(17-2)5-12-9/h3-5,10H,6H2,1-2H3,(H2,13,14,18). The minimum Gasteiger partial charge on any atom is -0.495 e. The molecule has 0 saturated carbocycles. The molecular formula is C11H14N4O2S. The maximum Gasteiger partial charge on any atom is 0.226 e. The predicted molar refractivity (Wildman–Crippen MR) is 71.5 cm³/mol. The van der Waals surface area contributed by atoms with E-state index < -0.39 is 0 Å². The van der Waals surface area contributed by atoms with Gasteiger partial charge in [-0.2, -0.15) is 0 Å². The maximum atomic E-state index is 11.7. The van der Waals surface area contributed by atoms with Crippen LogP contribution < -0.4 is 20.3 Å². The minimum absolute atomic E-state index is 0.100. The molecule has 2 rings (SSSR count). The summed E-state index contributed by atoms with van der Waals surface area (Å²) < 4.78 is 5.04. The Hall–Kier alpha value is -1.89. The zero-order valence-electron chi connectivity index (χ0n) is 10.1. The molecule has 0 radical (unpaired) electrons. The van der Waals surface area contributed by atoms with Crippen molar-refractivity contribution in [2.45, 2.75) is 13.1 Å². The first kappa shape index (κ1) is 12.6. The van der Waals surface area contributed by atoms with Crippen LogP contribution in [0.25, 0.3) is 0 Å². The Labute approximate surface area is 110 Å². The quantitative estimate of drug-likeness (QED) is 0.764. The second-order valence-corrected chi connectivity index (χ2v) is 4.22. The summed E-state index contributed by atoms with van der Waals surface area (Å²) in [5.74, 6) is 1.11. The molecule has 1 amide bonds. The molecule has 1 atom stereocenters. The van der Waals surface area contributed by atoms with Crippen LogP contribution in [0.4, 0.5) is 5.82 Å². The number of anilines is 1. The maximum absolute atomic E-state index is 11.7. The summed E-state index contributed by atoms with van der Waals surface area (Å²) in [5, 5.41) is 6.53. The summed E-state index contributed by atoms with van der Waals surface area (Å²) >= 11 is 4.99. The van der Waals surface area contributed by atoms with Gasteiger partial charge in [0.05, 0.1) is 19.9 Å². The number of ether oxygens (including phenoxy) is 1. The first-order valence-corrected chi connectivity index (χ1v) is 5.87. The monoisotopic (exact) mass is 266 g/mol. The van der Waals surface area contributed by atoms with E-state index in [-0.39, 0.29) is 12.1 Å². The fourth-order valence-corrected chi connectivity index (χ4v) is 1.99. The van der Waals surface area contributed by atoms with Crippen molar-refractivity contribution in [3.63, 3.8) is 0 Å². The van der Waals surface area contributed by atoms with E-state index in [1.165, 1.54) is 6.92 Å². The Balaban J connectivity index is 2.23. The van der Waals surface area contributed by atoms with Gasteiger partial charge in [-0.1, -0.05) is 0 Å². The molecule has 0 aromatic carbocycles. The summed E-state index contributed by atoms with van der Waals surface area (Å²) in [5.41, 5.74) is 0. The topological polar surface area (TPSA) is 66.5 Å². The second kappa shape index (κ2) is 5.18. The molecule has 0 aliphatic carbocycles. The van der Waals surface area contributed by atoms with Gasteiger partial charge < -0.3 is 15.4 Å². The highest BCUT2D eigenvalue weighted by atomic mass is 32.1. The largest absolute Gasteiger partial charge is 0.495 e. The number of aromatic nitrogens is 1. The number of carbonyl (C=O) groups is 1. The van der Waals surface area contributed by atoms with E-state index in [2.05, 4.69) is 15.6 Å². The smallest absolute Gasteiger partial charge is 0.226 e. The lowest BCUT2D eigenvalue weighted by Gasteiger charge is -2.26. The molecule has 0 bridgehead atoms. The van der Waals surface area contributed by atoms with Crippen molar-refractivity contribution >= 4 is 29.1 Å². The molecule has 1 aromatic heterocycles. The van der Waals surface area contributed by atoms with Crippen LogP contribution >= 0.6 is 12.2 Å². The fraction of sp³-hybridized carbons (Fsp3) is 0.364. The third-order valence-corrected chi connectivity index (χ3v) is 2.87. The van der Waals surface area contributed by atoms with Crippen molar-refractivity contribution in [2.24, 2.45) is 0 Å². The van der Waals surface area contributed by atoms with Crippen LogP contribution in [0.3, 0.4) is 0 Å². The molecular weight excluding hydrogens is 252 g/mol. The molecule has 0 spiro atoms. The number of methoxy groups -OCH3 is 1. The summed E-state index contributed by atoms with van der Waals surface area (Å²) in [7, 11) is 1.57. The molecule has 1 fully saturated rings. The molecule has 2 N–H and O–H groups in total. The van der Waals surface area contributed by atoms with Gasteiger partial charge in [-0.3, -0.25) is 9.69 Å². The summed E-state index contributed by atoms with van der Waals surface area (Å²) in [6.45, 7) is 2.06. The van der Waals surface area contributed by atoms with Gasteiger partial charge in [0.1, 0.15) is 17.7 Å². The van der Waals surface area contributed by atoms with E-state index >= 15 is 0 Å². The number of pyridine rings is 1. The summed E-state index contributed by atoms with van der Waals surface area (Å²) in [4.78, 5) is 17.5. The van der Waals surface area contributed by atoms with Gasteiger partial charge in [-0.05, 0) is 24.4 Å². The lowest BCUT2D eigenvalue weighted by atomic mass is 10.3. The summed E-state index contributed by atoms with van der Waals surface area (Å²) in [6, 6.07) is 3.50. The number of rotatable bonds is 3. The Kier molecular flexibility index (Phi) is 3.61. The van der Waals surface area contributed by atoms with Crippen molar-refractivity contribution in [2.75, 3.05) is 18.6 Å². The molecule has 18 heavy (non-hydrogen) atoms. The van der Waals surface area contributed by atoms with Crippen LogP contribution in [0.15, 0.2) is 18.3 Å². The molecule has 96 valence electrons.